The Hall–Kier alpha value is -3.81. The number of carbonyl (C=O) groups excluding carboxylic acids is 1. The lowest BCUT2D eigenvalue weighted by atomic mass is 10.1. The average Bonchev–Trinajstić information content (AvgIpc) is 3.22. The van der Waals surface area contributed by atoms with Crippen molar-refractivity contribution < 1.29 is 22.7 Å². The molecule has 8 heteroatoms. The molecule has 4 aromatic rings. The van der Waals surface area contributed by atoms with Crippen LogP contribution in [-0.4, -0.2) is 21.8 Å². The van der Waals surface area contributed by atoms with Crippen molar-refractivity contribution >= 4 is 11.6 Å². The maximum Gasteiger partial charge on any atom is 0.416 e. The van der Waals surface area contributed by atoms with E-state index in [1.54, 1.807) is 24.3 Å². The van der Waals surface area contributed by atoms with Crippen LogP contribution in [0.15, 0.2) is 73.1 Å². The van der Waals surface area contributed by atoms with Gasteiger partial charge >= 0.3 is 6.18 Å². The third-order valence-corrected chi connectivity index (χ3v) is 5.21. The third-order valence-electron chi connectivity index (χ3n) is 5.21. The number of alkyl halides is 3. The van der Waals surface area contributed by atoms with Gasteiger partial charge in [0.1, 0.15) is 18.0 Å². The normalized spacial score (nSPS) is 11.5. The van der Waals surface area contributed by atoms with Gasteiger partial charge in [-0.25, -0.2) is 4.98 Å². The number of pyridine rings is 1. The fourth-order valence-corrected chi connectivity index (χ4v) is 3.42. The van der Waals surface area contributed by atoms with Gasteiger partial charge < -0.3 is 14.5 Å². The lowest BCUT2D eigenvalue weighted by molar-refractivity contribution is -0.137. The molecule has 0 saturated carbocycles. The molecule has 0 spiro atoms. The standard InChI is InChI=1S/C25H22F3N3O2/c1-17-3-2-14-31-15-21(30-23(17)31)16-33-22-10-6-19(7-11-22)24(32)29-13-12-18-4-8-20(9-5-18)25(26,27)28/h2-11,14-15H,12-13,16H2,1H3,(H,29,32). The average molecular weight is 453 g/mol. The Morgan fingerprint density at radius 1 is 1.06 bits per heavy atom. The van der Waals surface area contributed by atoms with Crippen molar-refractivity contribution in [1.29, 1.82) is 0 Å². The number of halogens is 3. The van der Waals surface area contributed by atoms with Crippen LogP contribution in [0.1, 0.15) is 32.7 Å². The quantitative estimate of drug-likeness (QED) is 0.418. The minimum atomic E-state index is -4.35. The monoisotopic (exact) mass is 453 g/mol. The summed E-state index contributed by atoms with van der Waals surface area (Å²) in [6, 6.07) is 15.6. The second kappa shape index (κ2) is 9.36. The van der Waals surface area contributed by atoms with Crippen LogP contribution in [0, 0.1) is 6.92 Å². The maximum atomic E-state index is 12.6. The topological polar surface area (TPSA) is 55.6 Å². The molecule has 2 heterocycles. The summed E-state index contributed by atoms with van der Waals surface area (Å²) in [5.41, 5.74) is 3.27. The highest BCUT2D eigenvalue weighted by molar-refractivity contribution is 5.94. The van der Waals surface area contributed by atoms with E-state index in [2.05, 4.69) is 10.3 Å². The van der Waals surface area contributed by atoms with Crippen LogP contribution in [0.3, 0.4) is 0 Å². The van der Waals surface area contributed by atoms with E-state index in [0.29, 0.717) is 36.4 Å². The molecule has 33 heavy (non-hydrogen) atoms. The molecule has 170 valence electrons. The Balaban J connectivity index is 1.26. The first kappa shape index (κ1) is 22.4. The number of nitrogens with zero attached hydrogens (tertiary/aromatic N) is 2. The largest absolute Gasteiger partial charge is 0.487 e. The predicted molar refractivity (Wildman–Crippen MR) is 118 cm³/mol. The van der Waals surface area contributed by atoms with Crippen molar-refractivity contribution in [3.63, 3.8) is 0 Å². The number of imidazole rings is 1. The van der Waals surface area contributed by atoms with Crippen molar-refractivity contribution in [2.75, 3.05) is 6.54 Å². The number of rotatable bonds is 7. The molecule has 0 unspecified atom stereocenters. The highest BCUT2D eigenvalue weighted by atomic mass is 19.4. The number of fused-ring (bicyclic) bond motifs is 1. The second-order valence-electron chi connectivity index (χ2n) is 7.67. The summed E-state index contributed by atoms with van der Waals surface area (Å²) in [4.78, 5) is 16.9. The van der Waals surface area contributed by atoms with Crippen LogP contribution in [-0.2, 0) is 19.2 Å². The molecule has 0 fully saturated rings. The Morgan fingerprint density at radius 3 is 2.45 bits per heavy atom. The molecule has 5 nitrogen and oxygen atoms in total. The first-order valence-corrected chi connectivity index (χ1v) is 10.4. The number of amides is 1. The lowest BCUT2D eigenvalue weighted by Crippen LogP contribution is -2.25. The maximum absolute atomic E-state index is 12.6. The van der Waals surface area contributed by atoms with E-state index in [-0.39, 0.29) is 5.91 Å². The number of aryl methyl sites for hydroxylation is 1. The van der Waals surface area contributed by atoms with E-state index in [9.17, 15) is 18.0 Å². The van der Waals surface area contributed by atoms with Gasteiger partial charge in [-0.1, -0.05) is 18.2 Å². The van der Waals surface area contributed by atoms with E-state index < -0.39 is 11.7 Å². The van der Waals surface area contributed by atoms with Crippen LogP contribution in [0.5, 0.6) is 5.75 Å². The van der Waals surface area contributed by atoms with Crippen molar-refractivity contribution in [1.82, 2.24) is 14.7 Å². The Bertz CT molecular complexity index is 1250. The number of benzene rings is 2. The Labute approximate surface area is 188 Å². The molecule has 0 aliphatic carbocycles. The van der Waals surface area contributed by atoms with Gasteiger partial charge in [0.05, 0.1) is 11.3 Å². The summed E-state index contributed by atoms with van der Waals surface area (Å²) in [5.74, 6) is 0.356. The molecule has 1 amide bonds. The summed E-state index contributed by atoms with van der Waals surface area (Å²) in [5, 5.41) is 2.78. The summed E-state index contributed by atoms with van der Waals surface area (Å²) in [7, 11) is 0. The summed E-state index contributed by atoms with van der Waals surface area (Å²) in [6.45, 7) is 2.62. The molecule has 0 radical (unpaired) electrons. The molecule has 0 saturated heterocycles. The van der Waals surface area contributed by atoms with E-state index in [1.807, 2.05) is 35.9 Å². The molecular weight excluding hydrogens is 431 g/mol. The van der Waals surface area contributed by atoms with Gasteiger partial charge in [0.15, 0.2) is 0 Å². The summed E-state index contributed by atoms with van der Waals surface area (Å²) < 4.78 is 45.6. The number of hydrogen-bond acceptors (Lipinski definition) is 3. The molecular formula is C25H22F3N3O2. The van der Waals surface area contributed by atoms with Crippen molar-refractivity contribution in [3.05, 3.63) is 101 Å². The molecule has 2 aromatic carbocycles. The van der Waals surface area contributed by atoms with Gasteiger partial charge in [0, 0.05) is 24.5 Å². The summed E-state index contributed by atoms with van der Waals surface area (Å²) >= 11 is 0. The number of carbonyl (C=O) groups is 1. The minimum Gasteiger partial charge on any atom is -0.487 e. The van der Waals surface area contributed by atoms with Crippen LogP contribution in [0.25, 0.3) is 5.65 Å². The van der Waals surface area contributed by atoms with E-state index in [4.69, 9.17) is 4.74 Å². The first-order valence-electron chi connectivity index (χ1n) is 10.4. The smallest absolute Gasteiger partial charge is 0.416 e. The second-order valence-corrected chi connectivity index (χ2v) is 7.67. The van der Waals surface area contributed by atoms with Gasteiger partial charge in [-0.15, -0.1) is 0 Å². The molecule has 0 aliphatic heterocycles. The van der Waals surface area contributed by atoms with Crippen molar-refractivity contribution in [2.24, 2.45) is 0 Å². The van der Waals surface area contributed by atoms with Crippen LogP contribution in [0.4, 0.5) is 13.2 Å². The predicted octanol–water partition coefficient (Wildman–Crippen LogP) is 5.21. The molecule has 0 atom stereocenters. The fourth-order valence-electron chi connectivity index (χ4n) is 3.42. The molecule has 0 aliphatic rings. The first-order chi connectivity index (χ1) is 15.8. The fraction of sp³-hybridized carbons (Fsp3) is 0.200. The SMILES string of the molecule is Cc1cccn2cc(COc3ccc(C(=O)NCCc4ccc(C(F)(F)F)cc4)cc3)nc12. The molecule has 4 rings (SSSR count). The number of aromatic nitrogens is 2. The highest BCUT2D eigenvalue weighted by Gasteiger charge is 2.29. The molecule has 0 bridgehead atoms. The molecule has 2 aromatic heterocycles. The van der Waals surface area contributed by atoms with Gasteiger partial charge in [-0.05, 0) is 66.9 Å². The van der Waals surface area contributed by atoms with Gasteiger partial charge in [-0.3, -0.25) is 4.79 Å². The molecule has 1 N–H and O–H groups in total. The number of hydrogen-bond donors (Lipinski definition) is 1. The van der Waals surface area contributed by atoms with E-state index >= 15 is 0 Å². The van der Waals surface area contributed by atoms with Crippen LogP contribution in [0.2, 0.25) is 0 Å². The van der Waals surface area contributed by atoms with Gasteiger partial charge in [0.25, 0.3) is 5.91 Å². The third kappa shape index (κ3) is 5.52. The highest BCUT2D eigenvalue weighted by Crippen LogP contribution is 2.29. The van der Waals surface area contributed by atoms with Crippen molar-refractivity contribution in [3.8, 4) is 5.75 Å². The number of ether oxygens (including phenoxy) is 1. The van der Waals surface area contributed by atoms with E-state index in [0.717, 1.165) is 29.0 Å². The van der Waals surface area contributed by atoms with Crippen molar-refractivity contribution in [2.45, 2.75) is 26.1 Å². The lowest BCUT2D eigenvalue weighted by Gasteiger charge is -2.09. The van der Waals surface area contributed by atoms with E-state index in [1.165, 1.54) is 12.1 Å². The van der Waals surface area contributed by atoms with Crippen LogP contribution < -0.4 is 10.1 Å². The van der Waals surface area contributed by atoms with Gasteiger partial charge in [-0.2, -0.15) is 13.2 Å². The Morgan fingerprint density at radius 2 is 1.79 bits per heavy atom. The zero-order valence-electron chi connectivity index (χ0n) is 17.9. The minimum absolute atomic E-state index is 0.260. The zero-order chi connectivity index (χ0) is 23.4. The summed E-state index contributed by atoms with van der Waals surface area (Å²) in [6.07, 6.45) is -0.0669. The number of nitrogens with one attached hydrogen (secondary N) is 1. The van der Waals surface area contributed by atoms with Crippen LogP contribution >= 0.6 is 0 Å². The zero-order valence-corrected chi connectivity index (χ0v) is 17.9. The van der Waals surface area contributed by atoms with Gasteiger partial charge in [0.2, 0.25) is 0 Å². The Kier molecular flexibility index (Phi) is 6.35.